The molecular formula is C16H23NOS. The van der Waals surface area contributed by atoms with Crippen molar-refractivity contribution in [2.75, 3.05) is 26.0 Å². The standard InChI is InChI=1S/C16H23NOS/c1-3-8-17-9-10-19-16-14-11-13(18-2)6-4-12(14)5-7-15(16)17/h4,6,11,15-16H,3,5,7-10H2,1-2H3/t15-,16-/m1/s1. The first kappa shape index (κ1) is 13.3. The van der Waals surface area contributed by atoms with E-state index >= 15 is 0 Å². The molecule has 104 valence electrons. The van der Waals surface area contributed by atoms with Crippen LogP contribution in [0.2, 0.25) is 0 Å². The Labute approximate surface area is 120 Å². The molecule has 3 rings (SSSR count). The monoisotopic (exact) mass is 277 g/mol. The summed E-state index contributed by atoms with van der Waals surface area (Å²) in [7, 11) is 1.76. The minimum atomic E-state index is 0.652. The van der Waals surface area contributed by atoms with E-state index in [2.05, 4.69) is 41.8 Å². The molecule has 1 aromatic carbocycles. The van der Waals surface area contributed by atoms with Crippen LogP contribution < -0.4 is 4.74 Å². The molecule has 0 unspecified atom stereocenters. The Kier molecular flexibility index (Phi) is 4.04. The molecule has 1 heterocycles. The molecule has 3 heteroatoms. The number of thioether (sulfide) groups is 1. The predicted molar refractivity (Wildman–Crippen MR) is 82.2 cm³/mol. The maximum absolute atomic E-state index is 5.41. The number of nitrogens with zero attached hydrogens (tertiary/aromatic N) is 1. The zero-order valence-electron chi connectivity index (χ0n) is 11.9. The van der Waals surface area contributed by atoms with Crippen LogP contribution in [0.3, 0.4) is 0 Å². The van der Waals surface area contributed by atoms with Crippen molar-refractivity contribution >= 4 is 11.8 Å². The lowest BCUT2D eigenvalue weighted by atomic mass is 9.86. The zero-order chi connectivity index (χ0) is 13.2. The molecule has 0 saturated carbocycles. The van der Waals surface area contributed by atoms with Gasteiger partial charge >= 0.3 is 0 Å². The molecule has 2 aliphatic rings. The summed E-state index contributed by atoms with van der Waals surface area (Å²) in [6.07, 6.45) is 3.80. The first-order chi connectivity index (χ1) is 9.33. The van der Waals surface area contributed by atoms with E-state index in [9.17, 15) is 0 Å². The summed E-state index contributed by atoms with van der Waals surface area (Å²) in [5.74, 6) is 2.27. The van der Waals surface area contributed by atoms with E-state index in [0.717, 1.165) is 11.8 Å². The topological polar surface area (TPSA) is 12.5 Å². The van der Waals surface area contributed by atoms with Crippen molar-refractivity contribution in [3.05, 3.63) is 29.3 Å². The molecular weight excluding hydrogens is 254 g/mol. The maximum Gasteiger partial charge on any atom is 0.119 e. The Morgan fingerprint density at radius 3 is 3.11 bits per heavy atom. The smallest absolute Gasteiger partial charge is 0.119 e. The van der Waals surface area contributed by atoms with Gasteiger partial charge in [0.1, 0.15) is 5.75 Å². The molecule has 2 nitrogen and oxygen atoms in total. The van der Waals surface area contributed by atoms with Gasteiger partial charge in [0.05, 0.1) is 7.11 Å². The fraction of sp³-hybridized carbons (Fsp3) is 0.625. The van der Waals surface area contributed by atoms with E-state index in [-0.39, 0.29) is 0 Å². The molecule has 0 N–H and O–H groups in total. The number of ether oxygens (including phenoxy) is 1. The highest BCUT2D eigenvalue weighted by Crippen LogP contribution is 2.45. The van der Waals surface area contributed by atoms with E-state index < -0.39 is 0 Å². The van der Waals surface area contributed by atoms with Gasteiger partial charge in [0.25, 0.3) is 0 Å². The van der Waals surface area contributed by atoms with Crippen LogP contribution >= 0.6 is 11.8 Å². The van der Waals surface area contributed by atoms with Crippen molar-refractivity contribution in [1.82, 2.24) is 4.90 Å². The summed E-state index contributed by atoms with van der Waals surface area (Å²) in [6, 6.07) is 7.38. The number of benzene rings is 1. The molecule has 1 aliphatic carbocycles. The molecule has 1 fully saturated rings. The minimum absolute atomic E-state index is 0.652. The van der Waals surface area contributed by atoms with Gasteiger partial charge < -0.3 is 4.74 Å². The van der Waals surface area contributed by atoms with Crippen LogP contribution in [-0.2, 0) is 6.42 Å². The van der Waals surface area contributed by atoms with Gasteiger partial charge in [-0.2, -0.15) is 11.8 Å². The molecule has 0 bridgehead atoms. The van der Waals surface area contributed by atoms with Gasteiger partial charge in [-0.25, -0.2) is 0 Å². The number of aryl methyl sites for hydroxylation is 1. The van der Waals surface area contributed by atoms with Gasteiger partial charge in [-0.15, -0.1) is 0 Å². The van der Waals surface area contributed by atoms with Crippen LogP contribution in [0, 0.1) is 0 Å². The normalized spacial score (nSPS) is 26.6. The molecule has 1 saturated heterocycles. The first-order valence-electron chi connectivity index (χ1n) is 7.36. The molecule has 19 heavy (non-hydrogen) atoms. The average molecular weight is 277 g/mol. The summed E-state index contributed by atoms with van der Waals surface area (Å²) in [6.45, 7) is 4.80. The van der Waals surface area contributed by atoms with Gasteiger partial charge in [-0.1, -0.05) is 13.0 Å². The summed E-state index contributed by atoms with van der Waals surface area (Å²) in [5.41, 5.74) is 3.06. The molecule has 1 aliphatic heterocycles. The quantitative estimate of drug-likeness (QED) is 0.839. The molecule has 0 aromatic heterocycles. The summed E-state index contributed by atoms with van der Waals surface area (Å²) in [5, 5.41) is 0.652. The van der Waals surface area contributed by atoms with E-state index in [0.29, 0.717) is 5.25 Å². The van der Waals surface area contributed by atoms with Crippen LogP contribution in [0.1, 0.15) is 36.1 Å². The Morgan fingerprint density at radius 1 is 1.42 bits per heavy atom. The third-order valence-electron chi connectivity index (χ3n) is 4.37. The number of fused-ring (bicyclic) bond motifs is 3. The lowest BCUT2D eigenvalue weighted by Crippen LogP contribution is -2.46. The van der Waals surface area contributed by atoms with Crippen molar-refractivity contribution in [2.24, 2.45) is 0 Å². The van der Waals surface area contributed by atoms with E-state index in [1.54, 1.807) is 7.11 Å². The van der Waals surface area contributed by atoms with Crippen LogP contribution in [0.4, 0.5) is 0 Å². The Morgan fingerprint density at radius 2 is 2.32 bits per heavy atom. The van der Waals surface area contributed by atoms with Gasteiger partial charge in [-0.3, -0.25) is 4.90 Å². The molecule has 0 amide bonds. The highest BCUT2D eigenvalue weighted by molar-refractivity contribution is 7.99. The second-order valence-electron chi connectivity index (χ2n) is 5.50. The van der Waals surface area contributed by atoms with E-state index in [4.69, 9.17) is 4.74 Å². The highest BCUT2D eigenvalue weighted by atomic mass is 32.2. The van der Waals surface area contributed by atoms with Crippen LogP contribution in [0.5, 0.6) is 5.75 Å². The number of methoxy groups -OCH3 is 1. The zero-order valence-corrected chi connectivity index (χ0v) is 12.7. The number of hydrogen-bond donors (Lipinski definition) is 0. The van der Waals surface area contributed by atoms with Gasteiger partial charge in [0, 0.05) is 23.6 Å². The van der Waals surface area contributed by atoms with Gasteiger partial charge in [-0.05, 0) is 49.1 Å². The van der Waals surface area contributed by atoms with Crippen molar-refractivity contribution in [2.45, 2.75) is 37.5 Å². The molecule has 2 atom stereocenters. The van der Waals surface area contributed by atoms with E-state index in [1.165, 1.54) is 49.2 Å². The Bertz CT molecular complexity index is 446. The Balaban J connectivity index is 1.90. The second-order valence-corrected chi connectivity index (χ2v) is 6.75. The third kappa shape index (κ3) is 2.50. The third-order valence-corrected chi connectivity index (χ3v) is 5.72. The largest absolute Gasteiger partial charge is 0.497 e. The maximum atomic E-state index is 5.41. The van der Waals surface area contributed by atoms with Crippen molar-refractivity contribution < 1.29 is 4.74 Å². The van der Waals surface area contributed by atoms with Crippen LogP contribution in [-0.4, -0.2) is 36.9 Å². The molecule has 1 aromatic rings. The fourth-order valence-electron chi connectivity index (χ4n) is 3.46. The van der Waals surface area contributed by atoms with Gasteiger partial charge in [0.2, 0.25) is 0 Å². The second kappa shape index (κ2) is 5.76. The van der Waals surface area contributed by atoms with Crippen molar-refractivity contribution in [1.29, 1.82) is 0 Å². The summed E-state index contributed by atoms with van der Waals surface area (Å²) in [4.78, 5) is 2.71. The van der Waals surface area contributed by atoms with E-state index in [1.807, 2.05) is 0 Å². The minimum Gasteiger partial charge on any atom is -0.497 e. The van der Waals surface area contributed by atoms with Crippen LogP contribution in [0.25, 0.3) is 0 Å². The number of hydrogen-bond acceptors (Lipinski definition) is 3. The van der Waals surface area contributed by atoms with Crippen molar-refractivity contribution in [3.63, 3.8) is 0 Å². The summed E-state index contributed by atoms with van der Waals surface area (Å²) < 4.78 is 5.41. The molecule has 0 radical (unpaired) electrons. The lowest BCUT2D eigenvalue weighted by molar-refractivity contribution is 0.180. The van der Waals surface area contributed by atoms with Crippen LogP contribution in [0.15, 0.2) is 18.2 Å². The summed E-state index contributed by atoms with van der Waals surface area (Å²) >= 11 is 2.14. The highest BCUT2D eigenvalue weighted by Gasteiger charge is 2.36. The Hall–Kier alpha value is -0.670. The SMILES string of the molecule is CCCN1CCS[C@@H]2c3cc(OC)ccc3CC[C@H]21. The first-order valence-corrected chi connectivity index (χ1v) is 8.41. The average Bonchev–Trinajstić information content (AvgIpc) is 2.47. The predicted octanol–water partition coefficient (Wildman–Crippen LogP) is 3.51. The van der Waals surface area contributed by atoms with Crippen molar-refractivity contribution in [3.8, 4) is 5.75 Å². The lowest BCUT2D eigenvalue weighted by Gasteiger charge is -2.44. The molecule has 0 spiro atoms. The van der Waals surface area contributed by atoms with Gasteiger partial charge in [0.15, 0.2) is 0 Å². The fourth-order valence-corrected chi connectivity index (χ4v) is 4.98. The number of rotatable bonds is 3.